The number of hydrogen-bond donors (Lipinski definition) is 1. The Bertz CT molecular complexity index is 603. The first-order chi connectivity index (χ1) is 9.45. The highest BCUT2D eigenvalue weighted by Gasteiger charge is 2.46. The smallest absolute Gasteiger partial charge is 0.363 e. The molecule has 1 aromatic carbocycles. The van der Waals surface area contributed by atoms with E-state index in [0.29, 0.717) is 11.4 Å². The third-order valence-corrected chi connectivity index (χ3v) is 3.40. The van der Waals surface area contributed by atoms with E-state index in [4.69, 9.17) is 0 Å². The number of anilines is 1. The number of aromatic nitrogens is 2. The molecule has 0 bridgehead atoms. The monoisotopic (exact) mass is 285 g/mol. The first-order valence-electron chi connectivity index (χ1n) is 6.07. The third kappa shape index (κ3) is 2.23. The normalized spacial score (nSPS) is 22.2. The summed E-state index contributed by atoms with van der Waals surface area (Å²) < 4.78 is 53.1. The second-order valence-corrected chi connectivity index (χ2v) is 4.70. The Morgan fingerprint density at radius 2 is 1.85 bits per heavy atom. The Balaban J connectivity index is 1.95. The second kappa shape index (κ2) is 4.50. The summed E-state index contributed by atoms with van der Waals surface area (Å²) in [7, 11) is 0. The molecule has 1 aliphatic rings. The lowest BCUT2D eigenvalue weighted by Crippen LogP contribution is -2.35. The molecule has 1 aromatic heterocycles. The zero-order valence-electron chi connectivity index (χ0n) is 10.2. The van der Waals surface area contributed by atoms with Crippen molar-refractivity contribution in [2.24, 2.45) is 0 Å². The molecule has 3 nitrogen and oxygen atoms in total. The van der Waals surface area contributed by atoms with Gasteiger partial charge in [-0.05, 0) is 17.7 Å². The second-order valence-electron chi connectivity index (χ2n) is 4.70. The molecule has 0 aliphatic carbocycles. The van der Waals surface area contributed by atoms with Crippen LogP contribution < -0.4 is 5.32 Å². The Morgan fingerprint density at radius 1 is 1.15 bits per heavy atom. The molecule has 0 spiro atoms. The van der Waals surface area contributed by atoms with E-state index < -0.39 is 24.1 Å². The maximum Gasteiger partial charge on any atom is 0.410 e. The van der Waals surface area contributed by atoms with Crippen molar-refractivity contribution in [1.29, 1.82) is 0 Å². The van der Waals surface area contributed by atoms with Gasteiger partial charge in [-0.15, -0.1) is 0 Å². The lowest BCUT2D eigenvalue weighted by atomic mass is 9.97. The topological polar surface area (TPSA) is 29.9 Å². The number of fused-ring (bicyclic) bond motifs is 1. The minimum Gasteiger partial charge on any atom is -0.363 e. The summed E-state index contributed by atoms with van der Waals surface area (Å²) in [5.41, 5.74) is 0.619. The van der Waals surface area contributed by atoms with Gasteiger partial charge in [-0.3, -0.25) is 0 Å². The van der Waals surface area contributed by atoms with Gasteiger partial charge in [0.05, 0.1) is 12.2 Å². The number of alkyl halides is 3. The van der Waals surface area contributed by atoms with Gasteiger partial charge in [0.25, 0.3) is 0 Å². The maximum absolute atomic E-state index is 13.1. The number of halogens is 4. The summed E-state index contributed by atoms with van der Waals surface area (Å²) >= 11 is 0. The quantitative estimate of drug-likeness (QED) is 0.810. The highest BCUT2D eigenvalue weighted by molar-refractivity contribution is 5.41. The molecular formula is C13H11F4N3. The molecular weight excluding hydrogens is 274 g/mol. The maximum atomic E-state index is 13.1. The lowest BCUT2D eigenvalue weighted by Gasteiger charge is -2.33. The fourth-order valence-corrected chi connectivity index (χ4v) is 2.42. The van der Waals surface area contributed by atoms with E-state index in [-0.39, 0.29) is 6.42 Å². The van der Waals surface area contributed by atoms with Gasteiger partial charge in [0.2, 0.25) is 0 Å². The van der Waals surface area contributed by atoms with Crippen molar-refractivity contribution in [1.82, 2.24) is 9.78 Å². The van der Waals surface area contributed by atoms with Crippen LogP contribution in [0.5, 0.6) is 0 Å². The van der Waals surface area contributed by atoms with E-state index in [1.54, 1.807) is 0 Å². The van der Waals surface area contributed by atoms with Crippen molar-refractivity contribution in [2.75, 3.05) is 5.32 Å². The standard InChI is InChI=1S/C13H11F4N3/c14-9-3-1-8(2-4-9)10-7-11(13(15,16)17)20-12(19-10)5-6-18-20/h1-6,10-11,19H,7H2/t10-,11+/m0/s1. The van der Waals surface area contributed by atoms with E-state index in [9.17, 15) is 17.6 Å². The minimum absolute atomic E-state index is 0.177. The van der Waals surface area contributed by atoms with Gasteiger partial charge in [-0.25, -0.2) is 9.07 Å². The summed E-state index contributed by atoms with van der Waals surface area (Å²) in [6.07, 6.45) is -3.22. The van der Waals surface area contributed by atoms with Crippen LogP contribution in [-0.4, -0.2) is 16.0 Å². The summed E-state index contributed by atoms with van der Waals surface area (Å²) in [6, 6.07) is 4.76. The first kappa shape index (κ1) is 13.0. The van der Waals surface area contributed by atoms with E-state index in [0.717, 1.165) is 4.68 Å². The van der Waals surface area contributed by atoms with Crippen molar-refractivity contribution in [2.45, 2.75) is 24.7 Å². The Kier molecular flexibility index (Phi) is 2.92. The average molecular weight is 285 g/mol. The van der Waals surface area contributed by atoms with Crippen LogP contribution in [0.1, 0.15) is 24.1 Å². The molecule has 0 unspecified atom stereocenters. The predicted molar refractivity (Wildman–Crippen MR) is 64.7 cm³/mol. The fourth-order valence-electron chi connectivity index (χ4n) is 2.42. The van der Waals surface area contributed by atoms with Crippen molar-refractivity contribution in [3.63, 3.8) is 0 Å². The Morgan fingerprint density at radius 3 is 2.50 bits per heavy atom. The minimum atomic E-state index is -4.37. The van der Waals surface area contributed by atoms with Gasteiger partial charge in [-0.1, -0.05) is 12.1 Å². The highest BCUT2D eigenvalue weighted by atomic mass is 19.4. The van der Waals surface area contributed by atoms with Crippen LogP contribution >= 0.6 is 0 Å². The van der Waals surface area contributed by atoms with E-state index in [1.165, 1.54) is 36.5 Å². The zero-order chi connectivity index (χ0) is 14.3. The molecule has 0 saturated carbocycles. The van der Waals surface area contributed by atoms with E-state index in [1.807, 2.05) is 0 Å². The van der Waals surface area contributed by atoms with Crippen LogP contribution in [0.4, 0.5) is 23.4 Å². The zero-order valence-corrected chi connectivity index (χ0v) is 10.2. The molecule has 0 radical (unpaired) electrons. The van der Waals surface area contributed by atoms with Crippen molar-refractivity contribution < 1.29 is 17.6 Å². The van der Waals surface area contributed by atoms with Gasteiger partial charge >= 0.3 is 6.18 Å². The number of hydrogen-bond acceptors (Lipinski definition) is 2. The molecule has 2 aromatic rings. The molecule has 0 amide bonds. The third-order valence-electron chi connectivity index (χ3n) is 3.40. The van der Waals surface area contributed by atoms with Gasteiger partial charge in [0, 0.05) is 12.5 Å². The number of nitrogens with one attached hydrogen (secondary N) is 1. The van der Waals surface area contributed by atoms with Crippen LogP contribution in [-0.2, 0) is 0 Å². The molecule has 1 N–H and O–H groups in total. The Labute approximate surface area is 112 Å². The fraction of sp³-hybridized carbons (Fsp3) is 0.308. The van der Waals surface area contributed by atoms with Gasteiger partial charge in [0.1, 0.15) is 11.6 Å². The lowest BCUT2D eigenvalue weighted by molar-refractivity contribution is -0.173. The molecule has 2 heterocycles. The molecule has 2 atom stereocenters. The molecule has 7 heteroatoms. The van der Waals surface area contributed by atoms with Crippen LogP contribution in [0.2, 0.25) is 0 Å². The summed E-state index contributed by atoms with van der Waals surface area (Å²) in [5, 5.41) is 6.71. The van der Waals surface area contributed by atoms with Crippen LogP contribution in [0.25, 0.3) is 0 Å². The molecule has 1 aliphatic heterocycles. The molecule has 106 valence electrons. The van der Waals surface area contributed by atoms with E-state index >= 15 is 0 Å². The van der Waals surface area contributed by atoms with Gasteiger partial charge in [-0.2, -0.15) is 18.3 Å². The summed E-state index contributed by atoms with van der Waals surface area (Å²) in [6.45, 7) is 0. The van der Waals surface area contributed by atoms with Crippen LogP contribution in [0.3, 0.4) is 0 Å². The molecule has 3 rings (SSSR count). The predicted octanol–water partition coefficient (Wildman–Crippen LogP) is 3.68. The first-order valence-corrected chi connectivity index (χ1v) is 6.07. The number of rotatable bonds is 1. The SMILES string of the molecule is Fc1ccc([C@@H]2C[C@H](C(F)(F)F)n3nccc3N2)cc1. The van der Waals surface area contributed by atoms with E-state index in [2.05, 4.69) is 10.4 Å². The Hall–Kier alpha value is -2.05. The number of nitrogens with zero attached hydrogens (tertiary/aromatic N) is 2. The van der Waals surface area contributed by atoms with Crippen molar-refractivity contribution in [3.8, 4) is 0 Å². The molecule has 0 fully saturated rings. The molecule has 20 heavy (non-hydrogen) atoms. The van der Waals surface area contributed by atoms with Crippen molar-refractivity contribution >= 4 is 5.82 Å². The highest BCUT2D eigenvalue weighted by Crippen LogP contribution is 2.43. The summed E-state index contributed by atoms with van der Waals surface area (Å²) in [5.74, 6) is -0.102. The van der Waals surface area contributed by atoms with Gasteiger partial charge < -0.3 is 5.32 Å². The largest absolute Gasteiger partial charge is 0.410 e. The van der Waals surface area contributed by atoms with Crippen LogP contribution in [0.15, 0.2) is 36.5 Å². The molecule has 0 saturated heterocycles. The average Bonchev–Trinajstić information content (AvgIpc) is 2.85. The van der Waals surface area contributed by atoms with Crippen molar-refractivity contribution in [3.05, 3.63) is 47.9 Å². The van der Waals surface area contributed by atoms with Gasteiger partial charge in [0.15, 0.2) is 6.04 Å². The summed E-state index contributed by atoms with van der Waals surface area (Å²) in [4.78, 5) is 0. The number of benzene rings is 1. The van der Waals surface area contributed by atoms with Crippen LogP contribution in [0, 0.1) is 5.82 Å².